The average Bonchev–Trinajstić information content (AvgIpc) is 2.33. The Bertz CT molecular complexity index is 326. The van der Waals surface area contributed by atoms with Gasteiger partial charge in [0.15, 0.2) is 9.84 Å². The van der Waals surface area contributed by atoms with Crippen LogP contribution in [0.5, 0.6) is 0 Å². The molecule has 2 aliphatic heterocycles. The number of hydrogen-bond acceptors (Lipinski definition) is 3. The van der Waals surface area contributed by atoms with Gasteiger partial charge in [-0.15, -0.1) is 0 Å². The van der Waals surface area contributed by atoms with Crippen LogP contribution in [0.2, 0.25) is 0 Å². The maximum Gasteiger partial charge on any atom is 0.158 e. The summed E-state index contributed by atoms with van der Waals surface area (Å²) in [7, 11) is 2.64. The SMILES string of the molecule is [B][C@@H]1O[C@]2(CC)CS(=O)(=O)[C@@H]1C2C. The molecular weight excluding hydrogens is 187 g/mol. The molecule has 0 aromatic rings. The molecule has 2 bridgehead atoms. The summed E-state index contributed by atoms with van der Waals surface area (Å²) in [5, 5.41) is -0.479. The highest BCUT2D eigenvalue weighted by Gasteiger charge is 2.62. The molecule has 2 rings (SSSR count). The minimum atomic E-state index is -3.01. The second-order valence-corrected chi connectivity index (χ2v) is 6.22. The molecule has 2 aliphatic rings. The van der Waals surface area contributed by atoms with Crippen LogP contribution in [0.25, 0.3) is 0 Å². The molecule has 0 aromatic heterocycles. The van der Waals surface area contributed by atoms with Gasteiger partial charge in [-0.1, -0.05) is 13.8 Å². The van der Waals surface area contributed by atoms with Crippen LogP contribution in [0.3, 0.4) is 0 Å². The fraction of sp³-hybridized carbons (Fsp3) is 1.00. The molecular formula is C8H13BO3S. The maximum absolute atomic E-state index is 11.6. The van der Waals surface area contributed by atoms with Crippen molar-refractivity contribution in [3.63, 3.8) is 0 Å². The van der Waals surface area contributed by atoms with Crippen molar-refractivity contribution in [2.75, 3.05) is 5.75 Å². The fourth-order valence-electron chi connectivity index (χ4n) is 2.65. The largest absolute Gasteiger partial charge is 0.379 e. The van der Waals surface area contributed by atoms with E-state index in [9.17, 15) is 8.42 Å². The Kier molecular flexibility index (Phi) is 1.84. The van der Waals surface area contributed by atoms with E-state index >= 15 is 0 Å². The van der Waals surface area contributed by atoms with Crippen molar-refractivity contribution < 1.29 is 13.2 Å². The molecule has 0 N–H and O–H groups in total. The van der Waals surface area contributed by atoms with Crippen molar-refractivity contribution >= 4 is 17.7 Å². The van der Waals surface area contributed by atoms with E-state index in [-0.39, 0.29) is 11.7 Å². The summed E-state index contributed by atoms with van der Waals surface area (Å²) >= 11 is 0. The van der Waals surface area contributed by atoms with Crippen molar-refractivity contribution in [1.29, 1.82) is 0 Å². The van der Waals surface area contributed by atoms with Crippen LogP contribution >= 0.6 is 0 Å². The van der Waals surface area contributed by atoms with Gasteiger partial charge in [-0.25, -0.2) is 8.42 Å². The van der Waals surface area contributed by atoms with E-state index in [2.05, 4.69) is 0 Å². The molecule has 4 atom stereocenters. The van der Waals surface area contributed by atoms with Crippen LogP contribution in [0, 0.1) is 5.92 Å². The Balaban J connectivity index is 2.47. The Labute approximate surface area is 80.2 Å². The van der Waals surface area contributed by atoms with Crippen molar-refractivity contribution in [2.24, 2.45) is 5.92 Å². The summed E-state index contributed by atoms with van der Waals surface area (Å²) < 4.78 is 28.8. The van der Waals surface area contributed by atoms with Crippen molar-refractivity contribution in [1.82, 2.24) is 0 Å². The van der Waals surface area contributed by atoms with Crippen LogP contribution in [-0.4, -0.2) is 38.9 Å². The standard InChI is InChI=1S/C8H13BO3S/c1-3-8-4-13(10,11)6(5(8)2)7(9)12-8/h5-7H,3-4H2,1-2H3/t5?,6-,7-,8-/m1/s1. The van der Waals surface area contributed by atoms with Crippen LogP contribution in [0.15, 0.2) is 0 Å². The van der Waals surface area contributed by atoms with E-state index in [0.29, 0.717) is 0 Å². The highest BCUT2D eigenvalue weighted by atomic mass is 32.2. The van der Waals surface area contributed by atoms with E-state index < -0.39 is 26.7 Å². The first-order chi connectivity index (χ1) is 5.93. The Morgan fingerprint density at radius 1 is 1.62 bits per heavy atom. The molecule has 2 radical (unpaired) electrons. The summed E-state index contributed by atoms with van der Waals surface area (Å²) in [6, 6.07) is -0.617. The highest BCUT2D eigenvalue weighted by Crippen LogP contribution is 2.48. The Morgan fingerprint density at radius 3 is 2.54 bits per heavy atom. The quantitative estimate of drug-likeness (QED) is 0.563. The minimum absolute atomic E-state index is 0.0394. The van der Waals surface area contributed by atoms with Gasteiger partial charge in [-0.3, -0.25) is 0 Å². The molecule has 0 amide bonds. The maximum atomic E-state index is 11.6. The number of fused-ring (bicyclic) bond motifs is 2. The molecule has 0 aromatic carbocycles. The molecule has 72 valence electrons. The highest BCUT2D eigenvalue weighted by molar-refractivity contribution is 7.92. The van der Waals surface area contributed by atoms with E-state index in [4.69, 9.17) is 12.6 Å². The molecule has 2 saturated heterocycles. The first-order valence-electron chi connectivity index (χ1n) is 4.58. The third kappa shape index (κ3) is 1.03. The van der Waals surface area contributed by atoms with Gasteiger partial charge in [0.25, 0.3) is 0 Å². The van der Waals surface area contributed by atoms with Gasteiger partial charge in [-0.05, 0) is 6.42 Å². The minimum Gasteiger partial charge on any atom is -0.379 e. The first kappa shape index (κ1) is 9.53. The summed E-state index contributed by atoms with van der Waals surface area (Å²) in [5.41, 5.74) is -0.497. The number of rotatable bonds is 1. The zero-order valence-corrected chi connectivity index (χ0v) is 8.67. The zero-order chi connectivity index (χ0) is 9.85. The lowest BCUT2D eigenvalue weighted by atomic mass is 9.85. The number of sulfone groups is 1. The van der Waals surface area contributed by atoms with Gasteiger partial charge < -0.3 is 4.74 Å². The summed E-state index contributed by atoms with van der Waals surface area (Å²) in [5.74, 6) is 0.188. The lowest BCUT2D eigenvalue weighted by molar-refractivity contribution is -0.0170. The zero-order valence-electron chi connectivity index (χ0n) is 7.86. The van der Waals surface area contributed by atoms with Crippen molar-refractivity contribution in [3.8, 4) is 0 Å². The second-order valence-electron chi connectivity index (χ2n) is 4.06. The lowest BCUT2D eigenvalue weighted by Gasteiger charge is -2.29. The van der Waals surface area contributed by atoms with E-state index in [1.54, 1.807) is 0 Å². The van der Waals surface area contributed by atoms with E-state index in [1.165, 1.54) is 0 Å². The van der Waals surface area contributed by atoms with Gasteiger partial charge in [0, 0.05) is 11.9 Å². The molecule has 3 nitrogen and oxygen atoms in total. The predicted octanol–water partition coefficient (Wildman–Crippen LogP) is 0.0931. The third-order valence-corrected chi connectivity index (χ3v) is 5.87. The van der Waals surface area contributed by atoms with Gasteiger partial charge in [0.05, 0.1) is 16.6 Å². The van der Waals surface area contributed by atoms with E-state index in [0.717, 1.165) is 6.42 Å². The molecule has 5 heteroatoms. The molecule has 2 heterocycles. The van der Waals surface area contributed by atoms with Crippen molar-refractivity contribution in [3.05, 3.63) is 0 Å². The molecule has 2 fully saturated rings. The second kappa shape index (κ2) is 2.51. The van der Waals surface area contributed by atoms with Gasteiger partial charge in [-0.2, -0.15) is 0 Å². The Morgan fingerprint density at radius 2 is 2.23 bits per heavy atom. The van der Waals surface area contributed by atoms with Crippen LogP contribution in [0.1, 0.15) is 20.3 Å². The summed E-state index contributed by atoms with van der Waals surface area (Å²) in [4.78, 5) is 0. The summed E-state index contributed by atoms with van der Waals surface area (Å²) in [6.07, 6.45) is 0.720. The number of ether oxygens (including phenoxy) is 1. The van der Waals surface area contributed by atoms with Crippen LogP contribution in [-0.2, 0) is 14.6 Å². The predicted molar refractivity (Wildman–Crippen MR) is 50.4 cm³/mol. The first-order valence-corrected chi connectivity index (χ1v) is 6.29. The summed E-state index contributed by atoms with van der Waals surface area (Å²) in [6.45, 7) is 3.87. The topological polar surface area (TPSA) is 43.4 Å². The van der Waals surface area contributed by atoms with E-state index in [1.807, 2.05) is 13.8 Å². The molecule has 0 saturated carbocycles. The molecule has 0 spiro atoms. The Hall–Kier alpha value is -0.0251. The molecule has 1 unspecified atom stereocenters. The molecule has 13 heavy (non-hydrogen) atoms. The van der Waals surface area contributed by atoms with Gasteiger partial charge in [0.1, 0.15) is 7.85 Å². The van der Waals surface area contributed by atoms with Gasteiger partial charge in [0.2, 0.25) is 0 Å². The monoisotopic (exact) mass is 200 g/mol. The van der Waals surface area contributed by atoms with Crippen molar-refractivity contribution in [2.45, 2.75) is 37.1 Å². The normalized spacial score (nSPS) is 52.6. The van der Waals surface area contributed by atoms with Crippen LogP contribution in [0.4, 0.5) is 0 Å². The third-order valence-electron chi connectivity index (χ3n) is 3.48. The lowest BCUT2D eigenvalue weighted by Crippen LogP contribution is -2.41. The fourth-order valence-corrected chi connectivity index (χ4v) is 5.40. The van der Waals surface area contributed by atoms with Crippen LogP contribution < -0.4 is 0 Å². The number of hydrogen-bond donors (Lipinski definition) is 0. The van der Waals surface area contributed by atoms with Gasteiger partial charge >= 0.3 is 0 Å². The average molecular weight is 200 g/mol. The smallest absolute Gasteiger partial charge is 0.158 e. The molecule has 0 aliphatic carbocycles.